The van der Waals surface area contributed by atoms with E-state index in [1.165, 1.54) is 25.7 Å². The second-order valence-corrected chi connectivity index (χ2v) is 4.66. The monoisotopic (exact) mass is 224 g/mol. The Labute approximate surface area is 96.0 Å². The van der Waals surface area contributed by atoms with Crippen LogP contribution >= 0.6 is 0 Å². The Hall–Kier alpha value is -1.10. The molecule has 0 saturated heterocycles. The van der Waals surface area contributed by atoms with Gasteiger partial charge in [0, 0.05) is 12.1 Å². The van der Waals surface area contributed by atoms with Crippen molar-refractivity contribution in [2.24, 2.45) is 0 Å². The molecule has 1 aromatic heterocycles. The minimum absolute atomic E-state index is 0.429. The maximum Gasteiger partial charge on any atom is 0.315 e. The number of nitrogens with zero attached hydrogens (tertiary/aromatic N) is 2. The fourth-order valence-corrected chi connectivity index (χ4v) is 1.92. The Morgan fingerprint density at radius 3 is 2.75 bits per heavy atom. The van der Waals surface area contributed by atoms with Crippen LogP contribution < -0.4 is 10.6 Å². The van der Waals surface area contributed by atoms with Crippen molar-refractivity contribution in [3.05, 3.63) is 5.89 Å². The van der Waals surface area contributed by atoms with E-state index >= 15 is 0 Å². The van der Waals surface area contributed by atoms with Gasteiger partial charge in [0.1, 0.15) is 0 Å². The maximum absolute atomic E-state index is 5.50. The van der Waals surface area contributed by atoms with E-state index in [1.54, 1.807) is 0 Å². The maximum atomic E-state index is 5.50. The van der Waals surface area contributed by atoms with E-state index in [4.69, 9.17) is 4.42 Å². The molecule has 0 spiro atoms. The lowest BCUT2D eigenvalue weighted by Gasteiger charge is -2.08. The molecule has 5 heteroatoms. The molecule has 1 fully saturated rings. The topological polar surface area (TPSA) is 63.0 Å². The number of aromatic nitrogens is 2. The molecule has 2 rings (SSSR count). The fraction of sp³-hybridized carbons (Fsp3) is 0.818. The first-order chi connectivity index (χ1) is 7.74. The fourth-order valence-electron chi connectivity index (χ4n) is 1.92. The molecule has 2 N–H and O–H groups in total. The highest BCUT2D eigenvalue weighted by molar-refractivity contribution is 5.19. The van der Waals surface area contributed by atoms with Gasteiger partial charge in [0.25, 0.3) is 0 Å². The van der Waals surface area contributed by atoms with Crippen molar-refractivity contribution >= 4 is 6.01 Å². The van der Waals surface area contributed by atoms with Gasteiger partial charge in [-0.25, -0.2) is 0 Å². The molecule has 5 nitrogen and oxygen atoms in total. The van der Waals surface area contributed by atoms with Gasteiger partial charge in [0.15, 0.2) is 0 Å². The van der Waals surface area contributed by atoms with E-state index in [0.717, 1.165) is 0 Å². The zero-order valence-corrected chi connectivity index (χ0v) is 9.99. The minimum atomic E-state index is 0.429. The highest BCUT2D eigenvalue weighted by Crippen LogP contribution is 2.21. The molecule has 16 heavy (non-hydrogen) atoms. The summed E-state index contributed by atoms with van der Waals surface area (Å²) in [4.78, 5) is 0. The zero-order chi connectivity index (χ0) is 11.4. The lowest BCUT2D eigenvalue weighted by molar-refractivity contribution is 0.455. The molecule has 90 valence electrons. The second kappa shape index (κ2) is 5.30. The van der Waals surface area contributed by atoms with Gasteiger partial charge in [-0.05, 0) is 12.8 Å². The van der Waals surface area contributed by atoms with E-state index in [9.17, 15) is 0 Å². The van der Waals surface area contributed by atoms with Crippen molar-refractivity contribution in [3.8, 4) is 0 Å². The Morgan fingerprint density at radius 1 is 1.31 bits per heavy atom. The third-order valence-corrected chi connectivity index (χ3v) is 2.81. The number of anilines is 1. The predicted molar refractivity (Wildman–Crippen MR) is 62.2 cm³/mol. The van der Waals surface area contributed by atoms with E-state index in [0.29, 0.717) is 30.5 Å². The average Bonchev–Trinajstić information content (AvgIpc) is 2.87. The van der Waals surface area contributed by atoms with Crippen molar-refractivity contribution in [2.75, 3.05) is 5.32 Å². The highest BCUT2D eigenvalue weighted by Gasteiger charge is 2.17. The van der Waals surface area contributed by atoms with Gasteiger partial charge in [-0.2, -0.15) is 0 Å². The SMILES string of the molecule is CC(C)NCc1nnc(NC2CCCC2)o1. The summed E-state index contributed by atoms with van der Waals surface area (Å²) in [5.41, 5.74) is 0. The molecule has 0 amide bonds. The largest absolute Gasteiger partial charge is 0.407 e. The highest BCUT2D eigenvalue weighted by atomic mass is 16.4. The molecule has 1 saturated carbocycles. The minimum Gasteiger partial charge on any atom is -0.407 e. The summed E-state index contributed by atoms with van der Waals surface area (Å²) < 4.78 is 5.50. The summed E-state index contributed by atoms with van der Waals surface area (Å²) >= 11 is 0. The van der Waals surface area contributed by atoms with Gasteiger partial charge >= 0.3 is 6.01 Å². The van der Waals surface area contributed by atoms with E-state index in [1.807, 2.05) is 0 Å². The summed E-state index contributed by atoms with van der Waals surface area (Å²) in [6, 6.07) is 1.51. The number of hydrogen-bond acceptors (Lipinski definition) is 5. The predicted octanol–water partition coefficient (Wildman–Crippen LogP) is 1.92. The first kappa shape index (κ1) is 11.4. The van der Waals surface area contributed by atoms with Crippen molar-refractivity contribution in [3.63, 3.8) is 0 Å². The van der Waals surface area contributed by atoms with Crippen LogP contribution in [0.2, 0.25) is 0 Å². The lowest BCUT2D eigenvalue weighted by atomic mass is 10.3. The first-order valence-electron chi connectivity index (χ1n) is 6.06. The van der Waals surface area contributed by atoms with E-state index in [-0.39, 0.29) is 0 Å². The van der Waals surface area contributed by atoms with Crippen LogP contribution in [0.4, 0.5) is 6.01 Å². The van der Waals surface area contributed by atoms with Crippen molar-refractivity contribution in [1.82, 2.24) is 15.5 Å². The third-order valence-electron chi connectivity index (χ3n) is 2.81. The van der Waals surface area contributed by atoms with Gasteiger partial charge in [-0.1, -0.05) is 31.8 Å². The van der Waals surface area contributed by atoms with Crippen molar-refractivity contribution in [1.29, 1.82) is 0 Å². The molecule has 1 heterocycles. The summed E-state index contributed by atoms with van der Waals surface area (Å²) in [5.74, 6) is 0.647. The van der Waals surface area contributed by atoms with Crippen LogP contribution in [0.1, 0.15) is 45.4 Å². The summed E-state index contributed by atoms with van der Waals surface area (Å²) in [5, 5.41) is 14.5. The molecule has 0 aromatic carbocycles. The Kier molecular flexibility index (Phi) is 3.77. The van der Waals surface area contributed by atoms with Gasteiger partial charge in [0.05, 0.1) is 6.54 Å². The molecule has 0 bridgehead atoms. The summed E-state index contributed by atoms with van der Waals surface area (Å²) in [7, 11) is 0. The van der Waals surface area contributed by atoms with E-state index in [2.05, 4.69) is 34.7 Å². The van der Waals surface area contributed by atoms with Crippen molar-refractivity contribution < 1.29 is 4.42 Å². The first-order valence-corrected chi connectivity index (χ1v) is 6.06. The van der Waals surface area contributed by atoms with Crippen molar-refractivity contribution in [2.45, 2.75) is 58.2 Å². The van der Waals surface area contributed by atoms with Gasteiger partial charge < -0.3 is 15.1 Å². The third kappa shape index (κ3) is 3.20. The number of rotatable bonds is 5. The Morgan fingerprint density at radius 2 is 2.06 bits per heavy atom. The Bertz CT molecular complexity index is 318. The van der Waals surface area contributed by atoms with E-state index < -0.39 is 0 Å². The molecule has 0 aliphatic heterocycles. The van der Waals surface area contributed by atoms with Crippen LogP contribution in [-0.4, -0.2) is 22.3 Å². The molecule has 0 radical (unpaired) electrons. The normalized spacial score (nSPS) is 17.2. The molecular formula is C11H20N4O. The molecular weight excluding hydrogens is 204 g/mol. The smallest absolute Gasteiger partial charge is 0.315 e. The molecule has 0 unspecified atom stereocenters. The average molecular weight is 224 g/mol. The molecule has 1 aliphatic carbocycles. The molecule has 0 atom stereocenters. The molecule has 1 aromatic rings. The van der Waals surface area contributed by atoms with Gasteiger partial charge in [-0.3, -0.25) is 0 Å². The summed E-state index contributed by atoms with van der Waals surface area (Å²) in [6.45, 7) is 4.82. The van der Waals surface area contributed by atoms with Gasteiger partial charge in [0.2, 0.25) is 5.89 Å². The van der Waals surface area contributed by atoms with Crippen LogP contribution in [0.5, 0.6) is 0 Å². The quantitative estimate of drug-likeness (QED) is 0.800. The van der Waals surface area contributed by atoms with Gasteiger partial charge in [-0.15, -0.1) is 5.10 Å². The Balaban J connectivity index is 1.81. The van der Waals surface area contributed by atoms with Crippen LogP contribution in [0, 0.1) is 0 Å². The number of nitrogens with one attached hydrogen (secondary N) is 2. The van der Waals surface area contributed by atoms with Crippen LogP contribution in [0.15, 0.2) is 4.42 Å². The van der Waals surface area contributed by atoms with Crippen LogP contribution in [0.25, 0.3) is 0 Å². The lowest BCUT2D eigenvalue weighted by Crippen LogP contribution is -2.21. The zero-order valence-electron chi connectivity index (χ0n) is 9.99. The van der Waals surface area contributed by atoms with Crippen LogP contribution in [-0.2, 0) is 6.54 Å². The molecule has 1 aliphatic rings. The second-order valence-electron chi connectivity index (χ2n) is 4.66. The summed E-state index contributed by atoms with van der Waals surface area (Å²) in [6.07, 6.45) is 5.02. The standard InChI is InChI=1S/C11H20N4O/c1-8(2)12-7-10-14-15-11(16-10)13-9-5-3-4-6-9/h8-9,12H,3-7H2,1-2H3,(H,13,15). The van der Waals surface area contributed by atoms with Crippen LogP contribution in [0.3, 0.4) is 0 Å². The number of hydrogen-bond donors (Lipinski definition) is 2.